The van der Waals surface area contributed by atoms with Crippen LogP contribution < -0.4 is 20.7 Å². The van der Waals surface area contributed by atoms with Crippen LogP contribution in [0.4, 0.5) is 10.1 Å². The number of nitrogens with zero attached hydrogens (tertiary/aromatic N) is 1. The van der Waals surface area contributed by atoms with Gasteiger partial charge in [0, 0.05) is 19.3 Å². The molecule has 0 saturated heterocycles. The molecule has 0 spiro atoms. The average molecular weight is 486 g/mol. The van der Waals surface area contributed by atoms with Gasteiger partial charge in [0.15, 0.2) is 5.96 Å². The molecule has 3 N–H and O–H groups in total. The van der Waals surface area contributed by atoms with Crippen molar-refractivity contribution in [3.8, 4) is 5.75 Å². The molecule has 2 aromatic carbocycles. The number of ether oxygens (including phenoxy) is 1. The molecule has 27 heavy (non-hydrogen) atoms. The molecule has 0 aliphatic heterocycles. The zero-order valence-electron chi connectivity index (χ0n) is 15.3. The lowest BCUT2D eigenvalue weighted by molar-refractivity contribution is -0.115. The standard InChI is InChI=1S/C19H23FN4O2.HI/c1-21-19(22-11-10-14-6-8-17(26-2)9-7-14)23-13-18(25)24-16-5-3-4-15(20)12-16;/h3-9,12H,10-11,13H2,1-2H3,(H,24,25)(H2,21,22,23);1H. The summed E-state index contributed by atoms with van der Waals surface area (Å²) in [4.78, 5) is 16.0. The van der Waals surface area contributed by atoms with Crippen LogP contribution in [0.2, 0.25) is 0 Å². The maximum atomic E-state index is 13.1. The number of nitrogens with one attached hydrogen (secondary N) is 3. The van der Waals surface area contributed by atoms with E-state index in [-0.39, 0.29) is 36.4 Å². The van der Waals surface area contributed by atoms with Crippen molar-refractivity contribution in [2.45, 2.75) is 6.42 Å². The number of aliphatic imine (C=N–C) groups is 1. The first kappa shape index (κ1) is 22.7. The molecule has 0 aromatic heterocycles. The molecular weight excluding hydrogens is 462 g/mol. The number of benzene rings is 2. The van der Waals surface area contributed by atoms with Gasteiger partial charge in [0.2, 0.25) is 5.91 Å². The number of amides is 1. The number of hydrogen-bond donors (Lipinski definition) is 3. The van der Waals surface area contributed by atoms with Crippen LogP contribution in [0.15, 0.2) is 53.5 Å². The monoisotopic (exact) mass is 486 g/mol. The SMILES string of the molecule is CN=C(NCCc1ccc(OC)cc1)NCC(=O)Nc1cccc(F)c1.I. The van der Waals surface area contributed by atoms with Gasteiger partial charge < -0.3 is 20.7 Å². The smallest absolute Gasteiger partial charge is 0.243 e. The maximum Gasteiger partial charge on any atom is 0.243 e. The number of halogens is 2. The van der Waals surface area contributed by atoms with Crippen LogP contribution in [-0.2, 0) is 11.2 Å². The predicted molar refractivity (Wildman–Crippen MR) is 117 cm³/mol. The van der Waals surface area contributed by atoms with Gasteiger partial charge in [-0.1, -0.05) is 18.2 Å². The summed E-state index contributed by atoms with van der Waals surface area (Å²) in [7, 11) is 3.27. The molecule has 0 aliphatic carbocycles. The van der Waals surface area contributed by atoms with Gasteiger partial charge in [-0.25, -0.2) is 4.39 Å². The van der Waals surface area contributed by atoms with Crippen LogP contribution in [0.3, 0.4) is 0 Å². The molecule has 1 amide bonds. The van der Waals surface area contributed by atoms with Crippen LogP contribution >= 0.6 is 24.0 Å². The van der Waals surface area contributed by atoms with Gasteiger partial charge >= 0.3 is 0 Å². The number of hydrogen-bond acceptors (Lipinski definition) is 3. The van der Waals surface area contributed by atoms with E-state index in [4.69, 9.17) is 4.74 Å². The van der Waals surface area contributed by atoms with Crippen molar-refractivity contribution < 1.29 is 13.9 Å². The Labute approximate surface area is 175 Å². The normalized spacial score (nSPS) is 10.6. The van der Waals surface area contributed by atoms with E-state index in [9.17, 15) is 9.18 Å². The van der Waals surface area contributed by atoms with Crippen LogP contribution in [0, 0.1) is 5.82 Å². The van der Waals surface area contributed by atoms with Crippen molar-refractivity contribution in [2.24, 2.45) is 4.99 Å². The Morgan fingerprint density at radius 1 is 1.15 bits per heavy atom. The lowest BCUT2D eigenvalue weighted by Crippen LogP contribution is -2.42. The molecule has 146 valence electrons. The summed E-state index contributed by atoms with van der Waals surface area (Å²) in [5.74, 6) is 0.664. The highest BCUT2D eigenvalue weighted by molar-refractivity contribution is 14.0. The highest BCUT2D eigenvalue weighted by Crippen LogP contribution is 2.11. The van der Waals surface area contributed by atoms with E-state index in [1.807, 2.05) is 24.3 Å². The minimum atomic E-state index is -0.397. The summed E-state index contributed by atoms with van der Waals surface area (Å²) < 4.78 is 18.2. The molecule has 0 atom stereocenters. The number of anilines is 1. The summed E-state index contributed by atoms with van der Waals surface area (Å²) in [6.07, 6.45) is 0.806. The number of rotatable bonds is 7. The summed E-state index contributed by atoms with van der Waals surface area (Å²) in [5.41, 5.74) is 1.58. The van der Waals surface area contributed by atoms with E-state index in [1.54, 1.807) is 20.2 Å². The molecule has 0 bridgehead atoms. The second-order valence-corrected chi connectivity index (χ2v) is 5.51. The summed E-state index contributed by atoms with van der Waals surface area (Å²) in [6, 6.07) is 13.6. The number of methoxy groups -OCH3 is 1. The van der Waals surface area contributed by atoms with Crippen molar-refractivity contribution in [1.29, 1.82) is 0 Å². The van der Waals surface area contributed by atoms with Crippen molar-refractivity contribution in [3.05, 3.63) is 59.9 Å². The zero-order valence-corrected chi connectivity index (χ0v) is 17.6. The lowest BCUT2D eigenvalue weighted by atomic mass is 10.1. The number of carbonyl (C=O) groups excluding carboxylic acids is 1. The summed E-state index contributed by atoms with van der Waals surface area (Å²) in [5, 5.41) is 8.68. The van der Waals surface area contributed by atoms with E-state index in [2.05, 4.69) is 20.9 Å². The number of guanidine groups is 1. The average Bonchev–Trinajstić information content (AvgIpc) is 2.65. The molecule has 0 aliphatic rings. The largest absolute Gasteiger partial charge is 0.497 e. The minimum Gasteiger partial charge on any atom is -0.497 e. The molecule has 0 unspecified atom stereocenters. The van der Waals surface area contributed by atoms with Crippen molar-refractivity contribution >= 4 is 41.5 Å². The molecule has 0 fully saturated rings. The van der Waals surface area contributed by atoms with Crippen LogP contribution in [-0.4, -0.2) is 39.1 Å². The molecule has 8 heteroatoms. The fraction of sp³-hybridized carbons (Fsp3) is 0.263. The van der Waals surface area contributed by atoms with E-state index >= 15 is 0 Å². The Hall–Kier alpha value is -2.36. The molecule has 2 rings (SSSR count). The quantitative estimate of drug-likeness (QED) is 0.320. The summed E-state index contributed by atoms with van der Waals surface area (Å²) in [6.45, 7) is 0.691. The highest BCUT2D eigenvalue weighted by Gasteiger charge is 2.05. The van der Waals surface area contributed by atoms with Crippen LogP contribution in [0.1, 0.15) is 5.56 Å². The second kappa shape index (κ2) is 12.1. The van der Waals surface area contributed by atoms with Gasteiger partial charge in [0.1, 0.15) is 11.6 Å². The van der Waals surface area contributed by atoms with E-state index in [0.717, 1.165) is 17.7 Å². The molecule has 2 aromatic rings. The third-order valence-electron chi connectivity index (χ3n) is 3.61. The second-order valence-electron chi connectivity index (χ2n) is 5.51. The first-order chi connectivity index (χ1) is 12.6. The topological polar surface area (TPSA) is 74.8 Å². The van der Waals surface area contributed by atoms with Crippen molar-refractivity contribution in [2.75, 3.05) is 32.6 Å². The first-order valence-corrected chi connectivity index (χ1v) is 8.23. The van der Waals surface area contributed by atoms with Crippen LogP contribution in [0.25, 0.3) is 0 Å². The minimum absolute atomic E-state index is 0. The lowest BCUT2D eigenvalue weighted by Gasteiger charge is -2.12. The van der Waals surface area contributed by atoms with Crippen LogP contribution in [0.5, 0.6) is 5.75 Å². The molecule has 6 nitrogen and oxygen atoms in total. The number of carbonyl (C=O) groups is 1. The molecule has 0 radical (unpaired) electrons. The Bertz CT molecular complexity index is 754. The van der Waals surface area contributed by atoms with E-state index in [0.29, 0.717) is 18.2 Å². The van der Waals surface area contributed by atoms with Gasteiger partial charge in [-0.05, 0) is 42.3 Å². The van der Waals surface area contributed by atoms with Gasteiger partial charge in [-0.15, -0.1) is 24.0 Å². The maximum absolute atomic E-state index is 13.1. The van der Waals surface area contributed by atoms with Crippen molar-refractivity contribution in [3.63, 3.8) is 0 Å². The molecule has 0 heterocycles. The zero-order chi connectivity index (χ0) is 18.8. The fourth-order valence-corrected chi connectivity index (χ4v) is 2.27. The molecular formula is C19H24FIN4O2. The van der Waals surface area contributed by atoms with E-state index in [1.165, 1.54) is 18.2 Å². The Morgan fingerprint density at radius 2 is 1.89 bits per heavy atom. The van der Waals surface area contributed by atoms with Gasteiger partial charge in [-0.3, -0.25) is 9.79 Å². The first-order valence-electron chi connectivity index (χ1n) is 8.23. The predicted octanol–water partition coefficient (Wildman–Crippen LogP) is 2.80. The van der Waals surface area contributed by atoms with Gasteiger partial charge in [0.05, 0.1) is 13.7 Å². The van der Waals surface area contributed by atoms with Gasteiger partial charge in [0.25, 0.3) is 0 Å². The van der Waals surface area contributed by atoms with Gasteiger partial charge in [-0.2, -0.15) is 0 Å². The molecule has 0 saturated carbocycles. The third kappa shape index (κ3) is 8.25. The fourth-order valence-electron chi connectivity index (χ4n) is 2.27. The van der Waals surface area contributed by atoms with E-state index < -0.39 is 5.82 Å². The Balaban J connectivity index is 0.00000364. The Kier molecular flexibility index (Phi) is 10.2. The summed E-state index contributed by atoms with van der Waals surface area (Å²) >= 11 is 0. The van der Waals surface area contributed by atoms with Crippen molar-refractivity contribution in [1.82, 2.24) is 10.6 Å². The highest BCUT2D eigenvalue weighted by atomic mass is 127. The Morgan fingerprint density at radius 3 is 2.52 bits per heavy atom. The third-order valence-corrected chi connectivity index (χ3v) is 3.61.